The average molecular weight is 398 g/mol. The van der Waals surface area contributed by atoms with E-state index in [-0.39, 0.29) is 30.8 Å². The fourth-order valence-electron chi connectivity index (χ4n) is 3.00. The van der Waals surface area contributed by atoms with E-state index in [0.717, 1.165) is 53.6 Å². The van der Waals surface area contributed by atoms with Crippen LogP contribution in [0.15, 0.2) is 29.3 Å². The molecule has 0 atom stereocenters. The first-order valence-corrected chi connectivity index (χ1v) is 8.20. The van der Waals surface area contributed by atoms with Crippen molar-refractivity contribution in [1.82, 2.24) is 14.5 Å². The first kappa shape index (κ1) is 21.8. The van der Waals surface area contributed by atoms with Crippen molar-refractivity contribution >= 4 is 58.5 Å². The molecule has 9 heteroatoms. The van der Waals surface area contributed by atoms with Crippen LogP contribution in [0.2, 0.25) is 0 Å². The smallest absolute Gasteiger partial charge is 0.185 e. The van der Waals surface area contributed by atoms with Gasteiger partial charge in [-0.2, -0.15) is 0 Å². The molecular weight excluding hydrogens is 373 g/mol. The Hall–Kier alpha value is -2.25. The lowest BCUT2D eigenvalue weighted by Crippen LogP contribution is -2.23. The number of nitrogens with two attached hydrogens (primary N) is 3. The number of imidazole rings is 1. The van der Waals surface area contributed by atoms with E-state index in [9.17, 15) is 0 Å². The number of para-hydroxylation sites is 1. The summed E-state index contributed by atoms with van der Waals surface area (Å²) >= 11 is 0. The number of halogens is 2. The highest BCUT2D eigenvalue weighted by atomic mass is 35.5. The molecular formula is C17H25Cl2N7. The molecule has 0 aliphatic rings. The van der Waals surface area contributed by atoms with Gasteiger partial charge in [0.2, 0.25) is 0 Å². The number of aliphatic imine (C=N–C) groups is 1. The number of nitrogen functional groups attached to an aromatic ring is 1. The Bertz CT molecular complexity index is 901. The zero-order valence-electron chi connectivity index (χ0n) is 14.7. The van der Waals surface area contributed by atoms with Crippen molar-refractivity contribution in [1.29, 1.82) is 0 Å². The molecule has 0 bridgehead atoms. The third-order valence-electron chi connectivity index (χ3n) is 4.00. The largest absolute Gasteiger partial charge is 0.382 e. The number of fused-ring (bicyclic) bond motifs is 3. The van der Waals surface area contributed by atoms with Crippen molar-refractivity contribution in [3.05, 3.63) is 30.1 Å². The second kappa shape index (κ2) is 9.45. The number of benzene rings is 1. The monoisotopic (exact) mass is 397 g/mol. The van der Waals surface area contributed by atoms with Gasteiger partial charge in [-0.3, -0.25) is 4.99 Å². The van der Waals surface area contributed by atoms with Crippen LogP contribution in [0.1, 0.15) is 25.6 Å². The standard InChI is InChI=1S/C17H23N7.2ClH/c1-2-6-13-23-14-15(24(13)10-5-9-21-17(19)20)11-7-3-4-8-12(11)22-16(14)18;;/h3-4,7-8H,2,5-6,9-10H2,1H3,(H2,18,22)(H4,19,20,21);2*1H. The van der Waals surface area contributed by atoms with Crippen molar-refractivity contribution in [3.63, 3.8) is 0 Å². The SMILES string of the molecule is CCCc1nc2c(N)nc3ccccc3c2n1CCCN=C(N)N.Cl.Cl. The normalized spacial score (nSPS) is 10.3. The minimum Gasteiger partial charge on any atom is -0.382 e. The third kappa shape index (κ3) is 4.28. The van der Waals surface area contributed by atoms with Gasteiger partial charge in [0.1, 0.15) is 11.3 Å². The first-order chi connectivity index (χ1) is 11.6. The molecule has 0 radical (unpaired) electrons. The second-order valence-electron chi connectivity index (χ2n) is 5.80. The molecule has 0 fully saturated rings. The van der Waals surface area contributed by atoms with Gasteiger partial charge in [-0.05, 0) is 18.9 Å². The molecule has 6 N–H and O–H groups in total. The van der Waals surface area contributed by atoms with Gasteiger partial charge >= 0.3 is 0 Å². The predicted molar refractivity (Wildman–Crippen MR) is 113 cm³/mol. The maximum Gasteiger partial charge on any atom is 0.185 e. The van der Waals surface area contributed by atoms with Gasteiger partial charge in [-0.1, -0.05) is 25.1 Å². The van der Waals surface area contributed by atoms with Crippen LogP contribution in [0.25, 0.3) is 21.9 Å². The summed E-state index contributed by atoms with van der Waals surface area (Å²) in [7, 11) is 0. The number of rotatable bonds is 6. The van der Waals surface area contributed by atoms with Crippen LogP contribution in [0.3, 0.4) is 0 Å². The van der Waals surface area contributed by atoms with Crippen LogP contribution in [-0.4, -0.2) is 27.0 Å². The molecule has 0 spiro atoms. The molecule has 3 rings (SSSR count). The van der Waals surface area contributed by atoms with E-state index in [4.69, 9.17) is 22.2 Å². The summed E-state index contributed by atoms with van der Waals surface area (Å²) in [6.45, 7) is 3.52. The number of nitrogens with zero attached hydrogens (tertiary/aromatic N) is 4. The fourth-order valence-corrected chi connectivity index (χ4v) is 3.00. The average Bonchev–Trinajstić information content (AvgIpc) is 2.91. The third-order valence-corrected chi connectivity index (χ3v) is 4.00. The van der Waals surface area contributed by atoms with Gasteiger partial charge in [-0.25, -0.2) is 9.97 Å². The lowest BCUT2D eigenvalue weighted by molar-refractivity contribution is 0.627. The van der Waals surface area contributed by atoms with Gasteiger partial charge in [0.25, 0.3) is 0 Å². The summed E-state index contributed by atoms with van der Waals surface area (Å²) < 4.78 is 2.24. The predicted octanol–water partition coefficient (Wildman–Crippen LogP) is 2.63. The van der Waals surface area contributed by atoms with Gasteiger partial charge in [-0.15, -0.1) is 24.8 Å². The van der Waals surface area contributed by atoms with Crippen molar-refractivity contribution in [2.45, 2.75) is 32.7 Å². The van der Waals surface area contributed by atoms with Crippen LogP contribution < -0.4 is 17.2 Å². The minimum absolute atomic E-state index is 0. The highest BCUT2D eigenvalue weighted by Crippen LogP contribution is 2.29. The van der Waals surface area contributed by atoms with Crippen LogP contribution in [-0.2, 0) is 13.0 Å². The van der Waals surface area contributed by atoms with E-state index in [2.05, 4.69) is 27.5 Å². The van der Waals surface area contributed by atoms with Gasteiger partial charge in [0.05, 0.1) is 11.0 Å². The Labute approximate surface area is 164 Å². The zero-order valence-corrected chi connectivity index (χ0v) is 16.3. The maximum absolute atomic E-state index is 6.15. The van der Waals surface area contributed by atoms with Crippen molar-refractivity contribution < 1.29 is 0 Å². The highest BCUT2D eigenvalue weighted by Gasteiger charge is 2.16. The van der Waals surface area contributed by atoms with Gasteiger partial charge in [0, 0.05) is 24.9 Å². The number of pyridine rings is 1. The summed E-state index contributed by atoms with van der Waals surface area (Å²) in [4.78, 5) is 13.3. The first-order valence-electron chi connectivity index (χ1n) is 8.20. The molecule has 0 saturated carbocycles. The lowest BCUT2D eigenvalue weighted by atomic mass is 10.2. The summed E-state index contributed by atoms with van der Waals surface area (Å²) in [5.74, 6) is 1.63. The maximum atomic E-state index is 6.15. The van der Waals surface area contributed by atoms with Gasteiger partial charge < -0.3 is 21.8 Å². The molecule has 0 unspecified atom stereocenters. The molecule has 0 aliphatic carbocycles. The summed E-state index contributed by atoms with van der Waals surface area (Å²) in [5.41, 5.74) is 19.7. The molecule has 26 heavy (non-hydrogen) atoms. The summed E-state index contributed by atoms with van der Waals surface area (Å²) in [5, 5.41) is 1.07. The van der Waals surface area contributed by atoms with Crippen molar-refractivity contribution in [2.75, 3.05) is 12.3 Å². The Morgan fingerprint density at radius 2 is 1.88 bits per heavy atom. The van der Waals surface area contributed by atoms with Crippen LogP contribution in [0, 0.1) is 0 Å². The Kier molecular flexibility index (Phi) is 7.92. The number of aromatic nitrogens is 3. The molecule has 142 valence electrons. The molecule has 0 saturated heterocycles. The van der Waals surface area contributed by atoms with E-state index in [1.165, 1.54) is 0 Å². The van der Waals surface area contributed by atoms with Crippen molar-refractivity contribution in [3.8, 4) is 0 Å². The van der Waals surface area contributed by atoms with E-state index in [1.807, 2.05) is 18.2 Å². The van der Waals surface area contributed by atoms with Crippen LogP contribution >= 0.6 is 24.8 Å². The zero-order chi connectivity index (χ0) is 17.1. The fraction of sp³-hybridized carbons (Fsp3) is 0.353. The molecule has 0 aliphatic heterocycles. The molecule has 2 heterocycles. The summed E-state index contributed by atoms with van der Waals surface area (Å²) in [6.07, 6.45) is 2.74. The molecule has 1 aromatic carbocycles. The highest BCUT2D eigenvalue weighted by molar-refractivity contribution is 6.06. The molecule has 2 aromatic heterocycles. The van der Waals surface area contributed by atoms with E-state index in [0.29, 0.717) is 12.4 Å². The lowest BCUT2D eigenvalue weighted by Gasteiger charge is -2.10. The molecule has 7 nitrogen and oxygen atoms in total. The topological polar surface area (TPSA) is 121 Å². The van der Waals surface area contributed by atoms with Crippen LogP contribution in [0.5, 0.6) is 0 Å². The van der Waals surface area contributed by atoms with Crippen molar-refractivity contribution in [2.24, 2.45) is 16.5 Å². The number of anilines is 1. The van der Waals surface area contributed by atoms with Gasteiger partial charge in [0.15, 0.2) is 11.8 Å². The minimum atomic E-state index is 0. The quantitative estimate of drug-likeness (QED) is 0.335. The number of guanidine groups is 1. The number of hydrogen-bond acceptors (Lipinski definition) is 4. The number of hydrogen-bond donors (Lipinski definition) is 3. The van der Waals surface area contributed by atoms with E-state index in [1.54, 1.807) is 0 Å². The Balaban J connectivity index is 0.00000169. The second-order valence-corrected chi connectivity index (χ2v) is 5.80. The Morgan fingerprint density at radius 1 is 1.15 bits per heavy atom. The number of aryl methyl sites for hydroxylation is 2. The van der Waals surface area contributed by atoms with Crippen LogP contribution in [0.4, 0.5) is 5.82 Å². The van der Waals surface area contributed by atoms with E-state index < -0.39 is 0 Å². The molecule has 3 aromatic rings. The van der Waals surface area contributed by atoms with E-state index >= 15 is 0 Å². The molecule has 0 amide bonds. The Morgan fingerprint density at radius 3 is 2.58 bits per heavy atom. The summed E-state index contributed by atoms with van der Waals surface area (Å²) in [6, 6.07) is 8.01.